The van der Waals surface area contributed by atoms with Gasteiger partial charge in [-0.25, -0.2) is 0 Å². The van der Waals surface area contributed by atoms with Crippen LogP contribution in [0.3, 0.4) is 0 Å². The molecule has 0 spiro atoms. The molecule has 0 saturated heterocycles. The Balaban J connectivity index is 4.01. The minimum atomic E-state index is -0.157. The molecule has 1 unspecified atom stereocenters. The van der Waals surface area contributed by atoms with Crippen LogP contribution >= 0.6 is 0 Å². The summed E-state index contributed by atoms with van der Waals surface area (Å²) in [6, 6.07) is 0. The van der Waals surface area contributed by atoms with Crippen LogP contribution in [-0.2, 0) is 9.47 Å². The van der Waals surface area contributed by atoms with Gasteiger partial charge in [-0.3, -0.25) is 0 Å². The number of hydrogen-bond donors (Lipinski definition) is 0. The van der Waals surface area contributed by atoms with Gasteiger partial charge in [0.25, 0.3) is 0 Å². The molecule has 0 aromatic carbocycles. The van der Waals surface area contributed by atoms with E-state index in [9.17, 15) is 0 Å². The predicted octanol–water partition coefficient (Wildman–Crippen LogP) is 3.13. The molecule has 0 aliphatic rings. The van der Waals surface area contributed by atoms with E-state index in [4.69, 9.17) is 9.47 Å². The highest BCUT2D eigenvalue weighted by atomic mass is 16.7. The van der Waals surface area contributed by atoms with E-state index in [0.29, 0.717) is 6.61 Å². The first kappa shape index (κ1) is 12.7. The Kier molecular flexibility index (Phi) is 5.26. The quantitative estimate of drug-likeness (QED) is 0.485. The van der Waals surface area contributed by atoms with Gasteiger partial charge >= 0.3 is 0 Å². The standard InChI is InChI=1S/C11H22O2/c1-7-12-10(8-9(2)3)13-11(4,5)6/h10H,2,7-8H2,1,3-6H3. The van der Waals surface area contributed by atoms with Gasteiger partial charge in [0.15, 0.2) is 6.29 Å². The van der Waals surface area contributed by atoms with Gasteiger partial charge in [-0.05, 0) is 34.6 Å². The molecule has 13 heavy (non-hydrogen) atoms. The summed E-state index contributed by atoms with van der Waals surface area (Å²) in [5.41, 5.74) is 0.928. The largest absolute Gasteiger partial charge is 0.353 e. The normalized spacial score (nSPS) is 14.2. The topological polar surface area (TPSA) is 18.5 Å². The maximum Gasteiger partial charge on any atom is 0.161 e. The van der Waals surface area contributed by atoms with Crippen LogP contribution in [0, 0.1) is 0 Å². The molecule has 0 aliphatic heterocycles. The van der Waals surface area contributed by atoms with Gasteiger partial charge in [0.2, 0.25) is 0 Å². The highest BCUT2D eigenvalue weighted by Gasteiger charge is 2.18. The van der Waals surface area contributed by atoms with Crippen LogP contribution < -0.4 is 0 Å². The van der Waals surface area contributed by atoms with E-state index >= 15 is 0 Å². The molecule has 0 aliphatic carbocycles. The fourth-order valence-corrected chi connectivity index (χ4v) is 0.999. The van der Waals surface area contributed by atoms with Crippen LogP contribution in [0.5, 0.6) is 0 Å². The van der Waals surface area contributed by atoms with Crippen molar-refractivity contribution in [3.8, 4) is 0 Å². The minimum absolute atomic E-state index is 0.150. The van der Waals surface area contributed by atoms with Crippen molar-refractivity contribution in [1.29, 1.82) is 0 Å². The smallest absolute Gasteiger partial charge is 0.161 e. The van der Waals surface area contributed by atoms with E-state index in [1.54, 1.807) is 0 Å². The molecule has 78 valence electrons. The molecule has 2 nitrogen and oxygen atoms in total. The Labute approximate surface area is 81.9 Å². The van der Waals surface area contributed by atoms with E-state index in [1.165, 1.54) is 0 Å². The Morgan fingerprint density at radius 1 is 1.38 bits per heavy atom. The zero-order valence-corrected chi connectivity index (χ0v) is 9.52. The van der Waals surface area contributed by atoms with Crippen LogP contribution in [0.2, 0.25) is 0 Å². The number of rotatable bonds is 5. The van der Waals surface area contributed by atoms with Crippen molar-refractivity contribution < 1.29 is 9.47 Å². The fourth-order valence-electron chi connectivity index (χ4n) is 0.999. The van der Waals surface area contributed by atoms with Gasteiger partial charge in [0.1, 0.15) is 0 Å². The van der Waals surface area contributed by atoms with Crippen molar-refractivity contribution in [2.75, 3.05) is 6.61 Å². The molecule has 0 amide bonds. The summed E-state index contributed by atoms with van der Waals surface area (Å²) >= 11 is 0. The summed E-state index contributed by atoms with van der Waals surface area (Å²) in [5.74, 6) is 0. The first-order valence-electron chi connectivity index (χ1n) is 4.79. The molecule has 1 atom stereocenters. The zero-order chi connectivity index (χ0) is 10.5. The fraction of sp³-hybridized carbons (Fsp3) is 0.818. The lowest BCUT2D eigenvalue weighted by Crippen LogP contribution is -2.29. The van der Waals surface area contributed by atoms with E-state index in [2.05, 4.69) is 6.58 Å². The molecule has 2 heteroatoms. The average molecular weight is 186 g/mol. The van der Waals surface area contributed by atoms with Gasteiger partial charge in [-0.2, -0.15) is 0 Å². The van der Waals surface area contributed by atoms with Crippen LogP contribution in [0.25, 0.3) is 0 Å². The molecule has 0 heterocycles. The third kappa shape index (κ3) is 8.00. The third-order valence-corrected chi connectivity index (χ3v) is 1.35. The lowest BCUT2D eigenvalue weighted by Gasteiger charge is -2.27. The summed E-state index contributed by atoms with van der Waals surface area (Å²) in [7, 11) is 0. The number of hydrogen-bond acceptors (Lipinski definition) is 2. The second kappa shape index (κ2) is 5.40. The molecule has 0 aromatic heterocycles. The molecule has 0 aromatic rings. The van der Waals surface area contributed by atoms with E-state index in [0.717, 1.165) is 12.0 Å². The SMILES string of the molecule is C=C(C)CC(OCC)OC(C)(C)C. The van der Waals surface area contributed by atoms with Gasteiger partial charge in [-0.1, -0.05) is 12.2 Å². The van der Waals surface area contributed by atoms with Gasteiger partial charge in [0.05, 0.1) is 5.60 Å². The Morgan fingerprint density at radius 3 is 2.23 bits per heavy atom. The maximum atomic E-state index is 5.71. The summed E-state index contributed by atoms with van der Waals surface area (Å²) < 4.78 is 11.2. The molecular formula is C11H22O2. The van der Waals surface area contributed by atoms with E-state index < -0.39 is 0 Å². The van der Waals surface area contributed by atoms with Crippen molar-refractivity contribution in [2.24, 2.45) is 0 Å². The average Bonchev–Trinajstić information content (AvgIpc) is 1.81. The van der Waals surface area contributed by atoms with Crippen LogP contribution in [-0.4, -0.2) is 18.5 Å². The second-order valence-corrected chi connectivity index (χ2v) is 4.28. The molecule has 0 bridgehead atoms. The second-order valence-electron chi connectivity index (χ2n) is 4.28. The monoisotopic (exact) mass is 186 g/mol. The minimum Gasteiger partial charge on any atom is -0.353 e. The molecule has 0 rings (SSSR count). The molecular weight excluding hydrogens is 164 g/mol. The lowest BCUT2D eigenvalue weighted by molar-refractivity contribution is -0.191. The molecule has 0 N–H and O–H groups in total. The Morgan fingerprint density at radius 2 is 1.92 bits per heavy atom. The van der Waals surface area contributed by atoms with E-state index in [1.807, 2.05) is 34.6 Å². The van der Waals surface area contributed by atoms with Crippen molar-refractivity contribution >= 4 is 0 Å². The van der Waals surface area contributed by atoms with Crippen LogP contribution in [0.15, 0.2) is 12.2 Å². The molecule has 0 fully saturated rings. The van der Waals surface area contributed by atoms with Gasteiger partial charge in [-0.15, -0.1) is 0 Å². The Hall–Kier alpha value is -0.340. The van der Waals surface area contributed by atoms with Crippen LogP contribution in [0.1, 0.15) is 41.0 Å². The first-order chi connectivity index (χ1) is 5.85. The van der Waals surface area contributed by atoms with Crippen molar-refractivity contribution in [1.82, 2.24) is 0 Å². The van der Waals surface area contributed by atoms with E-state index in [-0.39, 0.29) is 11.9 Å². The zero-order valence-electron chi connectivity index (χ0n) is 9.52. The predicted molar refractivity (Wildman–Crippen MR) is 55.7 cm³/mol. The summed E-state index contributed by atoms with van der Waals surface area (Å²) in [6.07, 6.45) is 0.618. The maximum absolute atomic E-state index is 5.71. The summed E-state index contributed by atoms with van der Waals surface area (Å²) in [6.45, 7) is 14.6. The third-order valence-electron chi connectivity index (χ3n) is 1.35. The van der Waals surface area contributed by atoms with Crippen molar-refractivity contribution in [3.63, 3.8) is 0 Å². The first-order valence-corrected chi connectivity index (χ1v) is 4.79. The Bertz CT molecular complexity index is 156. The van der Waals surface area contributed by atoms with Gasteiger partial charge < -0.3 is 9.47 Å². The molecule has 0 saturated carbocycles. The highest BCUT2D eigenvalue weighted by molar-refractivity contribution is 4.89. The number of ether oxygens (including phenoxy) is 2. The van der Waals surface area contributed by atoms with Gasteiger partial charge in [0, 0.05) is 13.0 Å². The lowest BCUT2D eigenvalue weighted by atomic mass is 10.2. The van der Waals surface area contributed by atoms with Crippen molar-refractivity contribution in [3.05, 3.63) is 12.2 Å². The molecule has 0 radical (unpaired) electrons. The highest BCUT2D eigenvalue weighted by Crippen LogP contribution is 2.16. The summed E-state index contributed by atoms with van der Waals surface area (Å²) in [4.78, 5) is 0. The van der Waals surface area contributed by atoms with Crippen LogP contribution in [0.4, 0.5) is 0 Å². The summed E-state index contributed by atoms with van der Waals surface area (Å²) in [5, 5.41) is 0. The van der Waals surface area contributed by atoms with Crippen molar-refractivity contribution in [2.45, 2.75) is 52.9 Å².